The first-order chi connectivity index (χ1) is 9.74. The first-order valence-corrected chi connectivity index (χ1v) is 9.24. The van der Waals surface area contributed by atoms with Crippen LogP contribution in [0, 0.1) is 11.8 Å². The summed E-state index contributed by atoms with van der Waals surface area (Å²) in [5, 5.41) is 3.96. The van der Waals surface area contributed by atoms with E-state index in [-0.39, 0.29) is 0 Å². The summed E-state index contributed by atoms with van der Waals surface area (Å²) in [5.74, 6) is 1.83. The lowest BCUT2D eigenvalue weighted by Crippen LogP contribution is -2.51. The Morgan fingerprint density at radius 3 is 2.10 bits per heavy atom. The number of hydrogen-bond acceptors (Lipinski definition) is 2. The van der Waals surface area contributed by atoms with Gasteiger partial charge in [0.15, 0.2) is 0 Å². The predicted octanol–water partition coefficient (Wildman–Crippen LogP) is 3.81. The molecule has 0 amide bonds. The van der Waals surface area contributed by atoms with E-state index in [1.807, 2.05) is 0 Å². The van der Waals surface area contributed by atoms with E-state index in [1.165, 1.54) is 70.9 Å². The molecule has 1 saturated heterocycles. The van der Waals surface area contributed by atoms with Crippen LogP contribution in [-0.4, -0.2) is 36.1 Å². The predicted molar refractivity (Wildman–Crippen MR) is 86.0 cm³/mol. The summed E-state index contributed by atoms with van der Waals surface area (Å²) in [6.07, 6.45) is 13.1. The van der Waals surface area contributed by atoms with Crippen LogP contribution in [0.4, 0.5) is 0 Å². The van der Waals surface area contributed by atoms with Crippen LogP contribution in [0.5, 0.6) is 0 Å². The average molecular weight is 278 g/mol. The van der Waals surface area contributed by atoms with Crippen LogP contribution >= 0.6 is 0 Å². The average Bonchev–Trinajstić information content (AvgIpc) is 2.91. The Morgan fingerprint density at radius 2 is 1.45 bits per heavy atom. The second kappa shape index (κ2) is 6.79. The van der Waals surface area contributed by atoms with Gasteiger partial charge in [-0.3, -0.25) is 0 Å². The van der Waals surface area contributed by atoms with Gasteiger partial charge in [0.25, 0.3) is 0 Å². The van der Waals surface area contributed by atoms with Gasteiger partial charge in [0.05, 0.1) is 0 Å². The second-order valence-electron chi connectivity index (χ2n) is 7.77. The van der Waals surface area contributed by atoms with Crippen LogP contribution in [0.25, 0.3) is 0 Å². The number of rotatable bonds is 5. The highest BCUT2D eigenvalue weighted by molar-refractivity contribution is 4.89. The highest BCUT2D eigenvalue weighted by Crippen LogP contribution is 2.31. The molecule has 2 aliphatic carbocycles. The second-order valence-corrected chi connectivity index (χ2v) is 7.77. The van der Waals surface area contributed by atoms with Crippen molar-refractivity contribution in [2.75, 3.05) is 13.1 Å². The topological polar surface area (TPSA) is 15.3 Å². The Balaban J connectivity index is 1.46. The zero-order chi connectivity index (χ0) is 13.9. The van der Waals surface area contributed by atoms with Gasteiger partial charge in [-0.1, -0.05) is 19.3 Å². The monoisotopic (exact) mass is 278 g/mol. The summed E-state index contributed by atoms with van der Waals surface area (Å²) in [6.45, 7) is 7.60. The standard InChI is InChI=1S/C18H34N2/c1-14(16-7-3-4-8-16)19-15(2)17-9-6-12-20(13-17)18-10-5-11-18/h14-19H,3-13H2,1-2H3/t14-,15-,17-/m0/s1. The zero-order valence-corrected chi connectivity index (χ0v) is 13.6. The molecule has 0 bridgehead atoms. The van der Waals surface area contributed by atoms with Crippen molar-refractivity contribution in [1.29, 1.82) is 0 Å². The lowest BCUT2D eigenvalue weighted by Gasteiger charge is -2.44. The minimum atomic E-state index is 0.702. The molecule has 116 valence electrons. The van der Waals surface area contributed by atoms with E-state index < -0.39 is 0 Å². The van der Waals surface area contributed by atoms with E-state index in [1.54, 1.807) is 0 Å². The van der Waals surface area contributed by atoms with Crippen LogP contribution in [-0.2, 0) is 0 Å². The summed E-state index contributed by atoms with van der Waals surface area (Å²) in [5.41, 5.74) is 0. The largest absolute Gasteiger partial charge is 0.311 e. The fourth-order valence-electron chi connectivity index (χ4n) is 4.68. The third kappa shape index (κ3) is 3.39. The quantitative estimate of drug-likeness (QED) is 0.822. The number of hydrogen-bond donors (Lipinski definition) is 1. The Kier molecular flexibility index (Phi) is 5.04. The van der Waals surface area contributed by atoms with E-state index >= 15 is 0 Å². The third-order valence-corrected chi connectivity index (χ3v) is 6.42. The molecule has 0 radical (unpaired) electrons. The van der Waals surface area contributed by atoms with E-state index in [4.69, 9.17) is 0 Å². The summed E-state index contributed by atoms with van der Waals surface area (Å²) in [4.78, 5) is 2.80. The molecule has 0 unspecified atom stereocenters. The number of nitrogens with one attached hydrogen (secondary N) is 1. The van der Waals surface area contributed by atoms with Gasteiger partial charge in [0.1, 0.15) is 0 Å². The van der Waals surface area contributed by atoms with Gasteiger partial charge in [-0.25, -0.2) is 0 Å². The molecule has 3 aliphatic rings. The molecule has 3 rings (SSSR count). The molecule has 0 aromatic carbocycles. The third-order valence-electron chi connectivity index (χ3n) is 6.42. The fraction of sp³-hybridized carbons (Fsp3) is 1.00. The van der Waals surface area contributed by atoms with Gasteiger partial charge in [-0.2, -0.15) is 0 Å². The van der Waals surface area contributed by atoms with Crippen LogP contribution in [0.2, 0.25) is 0 Å². The molecular weight excluding hydrogens is 244 g/mol. The molecule has 0 aromatic heterocycles. The van der Waals surface area contributed by atoms with Crippen molar-refractivity contribution in [3.05, 3.63) is 0 Å². The number of piperidine rings is 1. The molecule has 1 heterocycles. The van der Waals surface area contributed by atoms with Crippen molar-refractivity contribution in [3.63, 3.8) is 0 Å². The van der Waals surface area contributed by atoms with Crippen molar-refractivity contribution in [1.82, 2.24) is 10.2 Å². The highest BCUT2D eigenvalue weighted by atomic mass is 15.2. The lowest BCUT2D eigenvalue weighted by molar-refractivity contribution is 0.0643. The maximum Gasteiger partial charge on any atom is 0.00954 e. The van der Waals surface area contributed by atoms with Gasteiger partial charge >= 0.3 is 0 Å². The fourth-order valence-corrected chi connectivity index (χ4v) is 4.68. The molecule has 2 saturated carbocycles. The van der Waals surface area contributed by atoms with Crippen LogP contribution < -0.4 is 5.32 Å². The van der Waals surface area contributed by atoms with Crippen LogP contribution in [0.1, 0.15) is 71.6 Å². The maximum atomic E-state index is 3.96. The van der Waals surface area contributed by atoms with Crippen molar-refractivity contribution < 1.29 is 0 Å². The molecular formula is C18H34N2. The van der Waals surface area contributed by atoms with Gasteiger partial charge in [0.2, 0.25) is 0 Å². The van der Waals surface area contributed by atoms with E-state index in [9.17, 15) is 0 Å². The van der Waals surface area contributed by atoms with Gasteiger partial charge in [-0.15, -0.1) is 0 Å². The SMILES string of the molecule is C[C@H](N[C@@H](C)[C@H]1CCCN(C2CCC2)C1)C1CCCC1. The van der Waals surface area contributed by atoms with Crippen molar-refractivity contribution in [2.45, 2.75) is 89.8 Å². The molecule has 3 atom stereocenters. The van der Waals surface area contributed by atoms with Crippen molar-refractivity contribution >= 4 is 0 Å². The number of likely N-dealkylation sites (tertiary alicyclic amines) is 1. The molecule has 0 aromatic rings. The van der Waals surface area contributed by atoms with E-state index in [0.717, 1.165) is 23.9 Å². The Labute approximate surface area is 125 Å². The summed E-state index contributed by atoms with van der Waals surface area (Å²) in [7, 11) is 0. The Bertz CT molecular complexity index is 294. The van der Waals surface area contributed by atoms with Crippen LogP contribution in [0.15, 0.2) is 0 Å². The van der Waals surface area contributed by atoms with E-state index in [2.05, 4.69) is 24.1 Å². The van der Waals surface area contributed by atoms with Gasteiger partial charge in [0, 0.05) is 24.7 Å². The molecule has 1 N–H and O–H groups in total. The lowest BCUT2D eigenvalue weighted by atomic mass is 9.85. The Hall–Kier alpha value is -0.0800. The molecule has 3 fully saturated rings. The molecule has 2 nitrogen and oxygen atoms in total. The molecule has 2 heteroatoms. The molecule has 20 heavy (non-hydrogen) atoms. The summed E-state index contributed by atoms with van der Waals surface area (Å²) < 4.78 is 0. The van der Waals surface area contributed by atoms with Gasteiger partial charge in [-0.05, 0) is 70.8 Å². The number of nitrogens with zero attached hydrogens (tertiary/aromatic N) is 1. The smallest absolute Gasteiger partial charge is 0.00954 e. The first kappa shape index (κ1) is 14.8. The summed E-state index contributed by atoms with van der Waals surface area (Å²) in [6, 6.07) is 2.37. The van der Waals surface area contributed by atoms with Crippen LogP contribution in [0.3, 0.4) is 0 Å². The van der Waals surface area contributed by atoms with Crippen molar-refractivity contribution in [2.24, 2.45) is 11.8 Å². The molecule has 0 spiro atoms. The minimum Gasteiger partial charge on any atom is -0.311 e. The highest BCUT2D eigenvalue weighted by Gasteiger charge is 2.32. The first-order valence-electron chi connectivity index (χ1n) is 9.24. The maximum absolute atomic E-state index is 3.96. The zero-order valence-electron chi connectivity index (χ0n) is 13.6. The minimum absolute atomic E-state index is 0.702. The van der Waals surface area contributed by atoms with Gasteiger partial charge < -0.3 is 10.2 Å². The normalized spacial score (nSPS) is 33.0. The Morgan fingerprint density at radius 1 is 0.800 bits per heavy atom. The van der Waals surface area contributed by atoms with E-state index in [0.29, 0.717) is 6.04 Å². The van der Waals surface area contributed by atoms with Crippen molar-refractivity contribution in [3.8, 4) is 0 Å². The molecule has 1 aliphatic heterocycles. The summed E-state index contributed by atoms with van der Waals surface area (Å²) >= 11 is 0.